The molecule has 0 heterocycles. The Morgan fingerprint density at radius 3 is 2.00 bits per heavy atom. The fourth-order valence-corrected chi connectivity index (χ4v) is 5.41. The molecule has 2 N–H and O–H groups in total. The van der Waals surface area contributed by atoms with Crippen molar-refractivity contribution in [3.63, 3.8) is 0 Å². The molecule has 0 atom stereocenters. The van der Waals surface area contributed by atoms with Gasteiger partial charge in [-0.3, -0.25) is 0 Å². The van der Waals surface area contributed by atoms with Crippen LogP contribution in [0.25, 0.3) is 0 Å². The first-order chi connectivity index (χ1) is 9.11. The lowest BCUT2D eigenvalue weighted by molar-refractivity contribution is -0.00350. The number of rotatable bonds is 1. The van der Waals surface area contributed by atoms with Crippen molar-refractivity contribution < 1.29 is 10.2 Å². The molecule has 0 amide bonds. The van der Waals surface area contributed by atoms with E-state index in [4.69, 9.17) is 0 Å². The highest BCUT2D eigenvalue weighted by Crippen LogP contribution is 2.60. The number of hydrogen-bond acceptors (Lipinski definition) is 2. The van der Waals surface area contributed by atoms with Gasteiger partial charge in [0, 0.05) is 6.07 Å². The van der Waals surface area contributed by atoms with Crippen molar-refractivity contribution in [2.75, 3.05) is 0 Å². The fraction of sp³-hybridized carbons (Fsp3) is 0.647. The summed E-state index contributed by atoms with van der Waals surface area (Å²) in [4.78, 5) is 0. The summed E-state index contributed by atoms with van der Waals surface area (Å²) in [5, 5.41) is 20.0. The van der Waals surface area contributed by atoms with Gasteiger partial charge in [0.15, 0.2) is 0 Å². The van der Waals surface area contributed by atoms with Gasteiger partial charge in [0.05, 0.1) is 0 Å². The van der Waals surface area contributed by atoms with Gasteiger partial charge in [-0.25, -0.2) is 0 Å². The van der Waals surface area contributed by atoms with Crippen LogP contribution in [-0.2, 0) is 0 Å². The zero-order valence-electron chi connectivity index (χ0n) is 11.5. The quantitative estimate of drug-likeness (QED) is 0.800. The van der Waals surface area contributed by atoms with Gasteiger partial charge >= 0.3 is 0 Å². The van der Waals surface area contributed by atoms with Gasteiger partial charge in [0.1, 0.15) is 11.5 Å². The van der Waals surface area contributed by atoms with Gasteiger partial charge in [-0.05, 0) is 85.8 Å². The molecule has 2 heteroatoms. The Balaban J connectivity index is 1.75. The Labute approximate surface area is 114 Å². The van der Waals surface area contributed by atoms with E-state index >= 15 is 0 Å². The summed E-state index contributed by atoms with van der Waals surface area (Å²) in [6, 6.07) is 3.56. The summed E-state index contributed by atoms with van der Waals surface area (Å²) < 4.78 is 0. The molecule has 0 aliphatic heterocycles. The summed E-state index contributed by atoms with van der Waals surface area (Å²) in [6.07, 6.45) is 6.89. The summed E-state index contributed by atoms with van der Waals surface area (Å²) in [7, 11) is 0. The highest BCUT2D eigenvalue weighted by Gasteiger charge is 2.49. The van der Waals surface area contributed by atoms with Crippen molar-refractivity contribution in [3.05, 3.63) is 23.3 Å². The van der Waals surface area contributed by atoms with Crippen LogP contribution < -0.4 is 0 Å². The van der Waals surface area contributed by atoms with Crippen molar-refractivity contribution in [2.45, 2.75) is 44.9 Å². The molecule has 0 saturated heterocycles. The predicted molar refractivity (Wildman–Crippen MR) is 74.3 cm³/mol. The zero-order chi connectivity index (χ0) is 13.1. The third-order valence-corrected chi connectivity index (χ3v) is 5.93. The molecule has 4 aliphatic rings. The molecule has 5 rings (SSSR count). The third kappa shape index (κ3) is 1.69. The third-order valence-electron chi connectivity index (χ3n) is 5.93. The molecule has 2 nitrogen and oxygen atoms in total. The average Bonchev–Trinajstić information content (AvgIpc) is 2.34. The number of hydrogen-bond donors (Lipinski definition) is 2. The minimum Gasteiger partial charge on any atom is -0.508 e. The molecule has 0 unspecified atom stereocenters. The maximum atomic E-state index is 10.2. The van der Waals surface area contributed by atoms with Crippen LogP contribution in [0.15, 0.2) is 12.1 Å². The number of phenolic OH excluding ortho intramolecular Hbond substituents is 2. The molecule has 0 spiro atoms. The van der Waals surface area contributed by atoms with E-state index in [2.05, 4.69) is 0 Å². The van der Waals surface area contributed by atoms with Crippen molar-refractivity contribution in [2.24, 2.45) is 23.7 Å². The largest absolute Gasteiger partial charge is 0.508 e. The van der Waals surface area contributed by atoms with E-state index in [1.807, 2.05) is 13.0 Å². The molecule has 19 heavy (non-hydrogen) atoms. The van der Waals surface area contributed by atoms with E-state index in [0.717, 1.165) is 34.8 Å². The van der Waals surface area contributed by atoms with Crippen LogP contribution in [0.5, 0.6) is 11.5 Å². The van der Waals surface area contributed by atoms with E-state index in [-0.39, 0.29) is 5.75 Å². The summed E-state index contributed by atoms with van der Waals surface area (Å²) in [6.45, 7) is 1.92. The van der Waals surface area contributed by atoms with Crippen LogP contribution in [0.1, 0.15) is 49.1 Å². The Morgan fingerprint density at radius 1 is 0.842 bits per heavy atom. The van der Waals surface area contributed by atoms with Crippen molar-refractivity contribution in [1.82, 2.24) is 0 Å². The SMILES string of the molecule is Cc1cc(C2C3CC4CC(C3)CC2C4)c(O)cc1O. The van der Waals surface area contributed by atoms with Gasteiger partial charge in [0.2, 0.25) is 0 Å². The molecule has 4 bridgehead atoms. The second-order valence-electron chi connectivity index (χ2n) is 7.15. The van der Waals surface area contributed by atoms with Crippen LogP contribution >= 0.6 is 0 Å². The standard InChI is InChI=1S/C17H22O2/c1-9-2-14(16(19)8-15(9)18)17-12-4-10-3-11(6-12)7-13(17)5-10/h2,8,10-13,17-19H,3-7H2,1H3. The highest BCUT2D eigenvalue weighted by atomic mass is 16.3. The van der Waals surface area contributed by atoms with Crippen LogP contribution in [0.3, 0.4) is 0 Å². The highest BCUT2D eigenvalue weighted by molar-refractivity contribution is 5.47. The molecule has 102 valence electrons. The van der Waals surface area contributed by atoms with Crippen molar-refractivity contribution in [3.8, 4) is 11.5 Å². The first-order valence-electron chi connectivity index (χ1n) is 7.64. The Kier molecular flexibility index (Phi) is 2.39. The van der Waals surface area contributed by atoms with E-state index in [1.165, 1.54) is 38.2 Å². The Hall–Kier alpha value is -1.18. The molecule has 4 fully saturated rings. The number of benzene rings is 1. The maximum absolute atomic E-state index is 10.2. The lowest BCUT2D eigenvalue weighted by Crippen LogP contribution is -2.43. The lowest BCUT2D eigenvalue weighted by atomic mass is 9.50. The molecule has 4 saturated carbocycles. The number of aryl methyl sites for hydroxylation is 1. The zero-order valence-corrected chi connectivity index (χ0v) is 11.5. The summed E-state index contributed by atoms with van der Waals surface area (Å²) >= 11 is 0. The van der Waals surface area contributed by atoms with E-state index in [1.54, 1.807) is 0 Å². The molecule has 0 aromatic heterocycles. The first-order valence-corrected chi connectivity index (χ1v) is 7.64. The second-order valence-corrected chi connectivity index (χ2v) is 7.15. The molecular formula is C17H22O2. The van der Waals surface area contributed by atoms with Gasteiger partial charge < -0.3 is 10.2 Å². The lowest BCUT2D eigenvalue weighted by Gasteiger charge is -2.54. The van der Waals surface area contributed by atoms with Crippen LogP contribution in [0, 0.1) is 30.6 Å². The van der Waals surface area contributed by atoms with Crippen molar-refractivity contribution >= 4 is 0 Å². The van der Waals surface area contributed by atoms with Crippen LogP contribution in [0.4, 0.5) is 0 Å². The minimum atomic E-state index is 0.213. The first kappa shape index (κ1) is 11.6. The predicted octanol–water partition coefficient (Wildman–Crippen LogP) is 3.95. The van der Waals surface area contributed by atoms with Gasteiger partial charge in [0.25, 0.3) is 0 Å². The molecule has 1 aromatic rings. The molecular weight excluding hydrogens is 236 g/mol. The number of phenols is 2. The summed E-state index contributed by atoms with van der Waals surface area (Å²) in [5.74, 6) is 4.51. The fourth-order valence-electron chi connectivity index (χ4n) is 5.41. The average molecular weight is 258 g/mol. The normalized spacial score (nSPS) is 39.7. The van der Waals surface area contributed by atoms with E-state index in [9.17, 15) is 10.2 Å². The van der Waals surface area contributed by atoms with E-state index in [0.29, 0.717) is 11.7 Å². The number of aromatic hydroxyl groups is 2. The van der Waals surface area contributed by atoms with Crippen LogP contribution in [-0.4, -0.2) is 10.2 Å². The Morgan fingerprint density at radius 2 is 1.42 bits per heavy atom. The van der Waals surface area contributed by atoms with Crippen molar-refractivity contribution in [1.29, 1.82) is 0 Å². The smallest absolute Gasteiger partial charge is 0.122 e. The van der Waals surface area contributed by atoms with Gasteiger partial charge in [-0.2, -0.15) is 0 Å². The maximum Gasteiger partial charge on any atom is 0.122 e. The Bertz CT molecular complexity index is 492. The van der Waals surface area contributed by atoms with Gasteiger partial charge in [-0.1, -0.05) is 0 Å². The topological polar surface area (TPSA) is 40.5 Å². The molecule has 1 aromatic carbocycles. The van der Waals surface area contributed by atoms with Gasteiger partial charge in [-0.15, -0.1) is 0 Å². The second kappa shape index (κ2) is 3.91. The van der Waals surface area contributed by atoms with E-state index < -0.39 is 0 Å². The monoisotopic (exact) mass is 258 g/mol. The molecule has 4 aliphatic carbocycles. The minimum absolute atomic E-state index is 0.213. The molecule has 0 radical (unpaired) electrons. The summed E-state index contributed by atoms with van der Waals surface area (Å²) in [5.41, 5.74) is 1.99. The van der Waals surface area contributed by atoms with Crippen LogP contribution in [0.2, 0.25) is 0 Å².